The molecule has 0 saturated heterocycles. The first-order valence-electron chi connectivity index (χ1n) is 4.71. The molecule has 0 aromatic rings. The molecule has 0 heterocycles. The summed E-state index contributed by atoms with van der Waals surface area (Å²) in [5, 5.41) is 29.7. The van der Waals surface area contributed by atoms with Crippen molar-refractivity contribution >= 4 is 23.9 Å². The Bertz CT molecular complexity index is 158. The molecule has 0 saturated carbocycles. The quantitative estimate of drug-likeness (QED) is 0.515. The van der Waals surface area contributed by atoms with E-state index in [0.29, 0.717) is 0 Å². The fourth-order valence-corrected chi connectivity index (χ4v) is 0. The van der Waals surface area contributed by atoms with Crippen molar-refractivity contribution in [3.63, 3.8) is 0 Å². The molecule has 8 heteroatoms. The van der Waals surface area contributed by atoms with Crippen LogP contribution in [0.3, 0.4) is 0 Å². The van der Waals surface area contributed by atoms with Gasteiger partial charge < -0.3 is 20.4 Å². The van der Waals surface area contributed by atoms with Crippen molar-refractivity contribution in [3.8, 4) is 0 Å². The summed E-state index contributed by atoms with van der Waals surface area (Å²) in [6.45, 7) is 8.33. The van der Waals surface area contributed by atoms with E-state index in [1.54, 1.807) is 0 Å². The van der Waals surface area contributed by atoms with Crippen LogP contribution in [0.4, 0.5) is 0 Å². The summed E-state index contributed by atoms with van der Waals surface area (Å²) in [5.74, 6) is -3.33. The van der Waals surface area contributed by atoms with E-state index in [1.807, 2.05) is 13.8 Å². The first-order valence-corrected chi connectivity index (χ1v) is 4.71. The normalized spacial score (nSPS) is 5.89. The standard InChI is InChI=1S/4C2H4O2.C2H6/c4*1-2(3)4;1-2/h4*1H3,(H,3,4);1-2H3. The summed E-state index contributed by atoms with van der Waals surface area (Å²) in [7, 11) is 0. The van der Waals surface area contributed by atoms with Crippen LogP contribution >= 0.6 is 0 Å². The zero-order valence-corrected chi connectivity index (χ0v) is 11.4. The second-order valence-corrected chi connectivity index (χ2v) is 2.08. The van der Waals surface area contributed by atoms with Gasteiger partial charge in [-0.3, -0.25) is 19.2 Å². The summed E-state index contributed by atoms with van der Waals surface area (Å²) in [5.41, 5.74) is 0. The van der Waals surface area contributed by atoms with Crippen molar-refractivity contribution in [1.82, 2.24) is 0 Å². The van der Waals surface area contributed by atoms with Crippen molar-refractivity contribution in [2.24, 2.45) is 0 Å². The highest BCUT2D eigenvalue weighted by atomic mass is 16.4. The van der Waals surface area contributed by atoms with Gasteiger partial charge in [-0.05, 0) is 0 Å². The first kappa shape index (κ1) is 29.7. The predicted octanol–water partition coefficient (Wildman–Crippen LogP) is 1.39. The Morgan fingerprint density at radius 1 is 0.500 bits per heavy atom. The molecule has 0 unspecified atom stereocenters. The minimum Gasteiger partial charge on any atom is -0.481 e. The lowest BCUT2D eigenvalue weighted by molar-refractivity contribution is -0.135. The van der Waals surface area contributed by atoms with Crippen molar-refractivity contribution in [3.05, 3.63) is 0 Å². The van der Waals surface area contributed by atoms with Gasteiger partial charge in [-0.25, -0.2) is 0 Å². The SMILES string of the molecule is CC.CC(=O)O.CC(=O)O.CC(=O)O.CC(=O)O. The fourth-order valence-electron chi connectivity index (χ4n) is 0. The maximum Gasteiger partial charge on any atom is 0.300 e. The summed E-state index contributed by atoms with van der Waals surface area (Å²) in [4.78, 5) is 36.0. The lowest BCUT2D eigenvalue weighted by Gasteiger charge is -1.59. The average molecular weight is 270 g/mol. The molecule has 110 valence electrons. The predicted molar refractivity (Wildman–Crippen MR) is 64.6 cm³/mol. The largest absolute Gasteiger partial charge is 0.481 e. The van der Waals surface area contributed by atoms with Crippen LogP contribution < -0.4 is 0 Å². The minimum atomic E-state index is -0.833. The molecule has 0 fully saturated rings. The lowest BCUT2D eigenvalue weighted by Crippen LogP contribution is -1.78. The second kappa shape index (κ2) is 29.4. The molecule has 0 aliphatic rings. The second-order valence-electron chi connectivity index (χ2n) is 2.08. The highest BCUT2D eigenvalue weighted by Crippen LogP contribution is 1.43. The number of rotatable bonds is 0. The molecule has 18 heavy (non-hydrogen) atoms. The Balaban J connectivity index is -0.0000000399. The smallest absolute Gasteiger partial charge is 0.300 e. The number of hydrogen-bond acceptors (Lipinski definition) is 4. The van der Waals surface area contributed by atoms with E-state index >= 15 is 0 Å². The Labute approximate surface area is 106 Å². The summed E-state index contributed by atoms with van der Waals surface area (Å²) in [6, 6.07) is 0. The van der Waals surface area contributed by atoms with E-state index in [9.17, 15) is 0 Å². The number of carboxylic acids is 4. The fraction of sp³-hybridized carbons (Fsp3) is 0.600. The van der Waals surface area contributed by atoms with Crippen LogP contribution in [0.15, 0.2) is 0 Å². The summed E-state index contributed by atoms with van der Waals surface area (Å²) in [6.07, 6.45) is 0. The number of aliphatic carboxylic acids is 4. The van der Waals surface area contributed by atoms with Crippen LogP contribution in [0.1, 0.15) is 41.5 Å². The lowest BCUT2D eigenvalue weighted by atomic mass is 10.9. The Morgan fingerprint density at radius 3 is 0.500 bits per heavy atom. The van der Waals surface area contributed by atoms with Crippen molar-refractivity contribution in [2.45, 2.75) is 41.5 Å². The molecule has 4 N–H and O–H groups in total. The van der Waals surface area contributed by atoms with Gasteiger partial charge in [-0.1, -0.05) is 13.8 Å². The van der Waals surface area contributed by atoms with Gasteiger partial charge in [-0.15, -0.1) is 0 Å². The number of hydrogen-bond donors (Lipinski definition) is 4. The van der Waals surface area contributed by atoms with Crippen molar-refractivity contribution in [1.29, 1.82) is 0 Å². The van der Waals surface area contributed by atoms with E-state index in [2.05, 4.69) is 0 Å². The number of carbonyl (C=O) groups is 4. The van der Waals surface area contributed by atoms with Gasteiger partial charge >= 0.3 is 0 Å². The molecule has 0 aromatic heterocycles. The molecular formula is C10H22O8. The van der Waals surface area contributed by atoms with E-state index < -0.39 is 23.9 Å². The molecule has 0 spiro atoms. The van der Waals surface area contributed by atoms with Gasteiger partial charge in [0.1, 0.15) is 0 Å². The zero-order valence-electron chi connectivity index (χ0n) is 11.4. The molecule has 0 radical (unpaired) electrons. The third-order valence-corrected chi connectivity index (χ3v) is 0. The van der Waals surface area contributed by atoms with Crippen LogP contribution in [-0.4, -0.2) is 44.3 Å². The van der Waals surface area contributed by atoms with Crippen molar-refractivity contribution < 1.29 is 39.6 Å². The zero-order chi connectivity index (χ0) is 16.3. The van der Waals surface area contributed by atoms with Gasteiger partial charge in [0.05, 0.1) is 0 Å². The van der Waals surface area contributed by atoms with Crippen LogP contribution in [0.25, 0.3) is 0 Å². The summed E-state index contributed by atoms with van der Waals surface area (Å²) >= 11 is 0. The molecule has 0 bridgehead atoms. The topological polar surface area (TPSA) is 149 Å². The van der Waals surface area contributed by atoms with Gasteiger partial charge in [0, 0.05) is 27.7 Å². The van der Waals surface area contributed by atoms with E-state index in [0.717, 1.165) is 27.7 Å². The van der Waals surface area contributed by atoms with Gasteiger partial charge in [-0.2, -0.15) is 0 Å². The molecule has 0 atom stereocenters. The molecular weight excluding hydrogens is 248 g/mol. The molecule has 0 rings (SSSR count). The molecule has 0 amide bonds. The van der Waals surface area contributed by atoms with Crippen LogP contribution in [0, 0.1) is 0 Å². The molecule has 0 aliphatic heterocycles. The third kappa shape index (κ3) is 512. The number of carboxylic acid groups (broad SMARTS) is 4. The third-order valence-electron chi connectivity index (χ3n) is 0. The van der Waals surface area contributed by atoms with Crippen molar-refractivity contribution in [2.75, 3.05) is 0 Å². The van der Waals surface area contributed by atoms with Crippen LogP contribution in [-0.2, 0) is 19.2 Å². The first-order chi connectivity index (χ1) is 7.93. The van der Waals surface area contributed by atoms with Crippen LogP contribution in [0.5, 0.6) is 0 Å². The molecule has 0 aromatic carbocycles. The van der Waals surface area contributed by atoms with Gasteiger partial charge in [0.25, 0.3) is 23.9 Å². The Hall–Kier alpha value is -2.12. The maximum atomic E-state index is 9.00. The van der Waals surface area contributed by atoms with E-state index in [4.69, 9.17) is 39.6 Å². The van der Waals surface area contributed by atoms with Gasteiger partial charge in [0.2, 0.25) is 0 Å². The Kier molecular flexibility index (Phi) is 48.5. The van der Waals surface area contributed by atoms with E-state index in [1.165, 1.54) is 0 Å². The minimum absolute atomic E-state index is 0.833. The summed E-state index contributed by atoms with van der Waals surface area (Å²) < 4.78 is 0. The molecule has 8 nitrogen and oxygen atoms in total. The van der Waals surface area contributed by atoms with Gasteiger partial charge in [0.15, 0.2) is 0 Å². The monoisotopic (exact) mass is 270 g/mol. The van der Waals surface area contributed by atoms with Crippen LogP contribution in [0.2, 0.25) is 0 Å². The average Bonchev–Trinajstić information content (AvgIpc) is 2.01. The maximum absolute atomic E-state index is 9.00. The highest BCUT2D eigenvalue weighted by molar-refractivity contribution is 5.63. The molecule has 0 aliphatic carbocycles. The Morgan fingerprint density at radius 2 is 0.500 bits per heavy atom. The highest BCUT2D eigenvalue weighted by Gasteiger charge is 1.66. The van der Waals surface area contributed by atoms with E-state index in [-0.39, 0.29) is 0 Å².